The van der Waals surface area contributed by atoms with E-state index in [1.165, 1.54) is 25.7 Å². The summed E-state index contributed by atoms with van der Waals surface area (Å²) >= 11 is 0. The maximum absolute atomic E-state index is 5.85. The van der Waals surface area contributed by atoms with Crippen LogP contribution < -0.4 is 5.73 Å². The van der Waals surface area contributed by atoms with Crippen molar-refractivity contribution in [2.75, 3.05) is 33.9 Å². The number of nitrogens with two attached hydrogens (primary N) is 1. The van der Waals surface area contributed by atoms with Crippen LogP contribution in [0.4, 0.5) is 0 Å². The molecule has 1 saturated carbocycles. The molecule has 0 aromatic heterocycles. The zero-order chi connectivity index (χ0) is 11.3. The molecule has 0 amide bonds. The molecule has 1 aliphatic carbocycles. The molecule has 1 fully saturated rings. The Morgan fingerprint density at radius 1 is 1.47 bits per heavy atom. The summed E-state index contributed by atoms with van der Waals surface area (Å²) in [5.74, 6) is 0. The summed E-state index contributed by atoms with van der Waals surface area (Å²) in [5.41, 5.74) is 6.32. The number of ether oxygens (including phenoxy) is 1. The summed E-state index contributed by atoms with van der Waals surface area (Å²) in [6, 6.07) is 0.505. The molecule has 0 heterocycles. The van der Waals surface area contributed by atoms with Gasteiger partial charge in [-0.2, -0.15) is 0 Å². The molecule has 0 radical (unpaired) electrons. The first-order valence-electron chi connectivity index (χ1n) is 6.03. The van der Waals surface area contributed by atoms with Crippen LogP contribution in [0.15, 0.2) is 0 Å². The second-order valence-electron chi connectivity index (χ2n) is 5.09. The molecule has 1 unspecified atom stereocenters. The second kappa shape index (κ2) is 5.83. The number of nitrogens with zero attached hydrogens (tertiary/aromatic N) is 1. The second-order valence-corrected chi connectivity index (χ2v) is 5.09. The number of methoxy groups -OCH3 is 1. The van der Waals surface area contributed by atoms with Gasteiger partial charge >= 0.3 is 0 Å². The fourth-order valence-electron chi connectivity index (χ4n) is 2.24. The maximum Gasteiger partial charge on any atom is 0.0615 e. The highest BCUT2D eigenvalue weighted by molar-refractivity contribution is 4.89. The van der Waals surface area contributed by atoms with Gasteiger partial charge in [0.25, 0.3) is 0 Å². The van der Waals surface area contributed by atoms with E-state index in [0.717, 1.165) is 19.7 Å². The third kappa shape index (κ3) is 3.44. The fraction of sp³-hybridized carbons (Fsp3) is 1.00. The van der Waals surface area contributed by atoms with Gasteiger partial charge in [-0.3, -0.25) is 0 Å². The number of likely N-dealkylation sites (N-methyl/N-ethyl adjacent to an activating group) is 1. The van der Waals surface area contributed by atoms with Crippen molar-refractivity contribution in [1.29, 1.82) is 0 Å². The SMILES string of the molecule is COCC(C)N(C)CCC1(CN)CCC1. The summed E-state index contributed by atoms with van der Waals surface area (Å²) in [6.07, 6.45) is 5.27. The minimum Gasteiger partial charge on any atom is -0.383 e. The molecule has 1 aliphatic rings. The molecule has 0 aliphatic heterocycles. The number of hydrogen-bond acceptors (Lipinski definition) is 3. The lowest BCUT2D eigenvalue weighted by Gasteiger charge is -2.42. The average molecular weight is 214 g/mol. The molecule has 0 spiro atoms. The Balaban J connectivity index is 2.23. The van der Waals surface area contributed by atoms with Crippen LogP contribution in [0, 0.1) is 5.41 Å². The summed E-state index contributed by atoms with van der Waals surface area (Å²) in [4.78, 5) is 2.37. The number of hydrogen-bond donors (Lipinski definition) is 1. The lowest BCUT2D eigenvalue weighted by atomic mass is 9.66. The summed E-state index contributed by atoms with van der Waals surface area (Å²) in [7, 11) is 3.93. The lowest BCUT2D eigenvalue weighted by Crippen LogP contribution is -2.42. The van der Waals surface area contributed by atoms with Crippen LogP contribution >= 0.6 is 0 Å². The molecular formula is C12H26N2O. The normalized spacial score (nSPS) is 21.4. The van der Waals surface area contributed by atoms with E-state index in [1.807, 2.05) is 0 Å². The molecule has 0 aromatic carbocycles. The molecule has 0 aromatic rings. The third-order valence-electron chi connectivity index (χ3n) is 4.00. The van der Waals surface area contributed by atoms with Gasteiger partial charge in [0.2, 0.25) is 0 Å². The number of rotatable bonds is 7. The van der Waals surface area contributed by atoms with E-state index in [1.54, 1.807) is 7.11 Å². The summed E-state index contributed by atoms with van der Waals surface area (Å²) in [6.45, 7) is 5.02. The van der Waals surface area contributed by atoms with E-state index in [-0.39, 0.29) is 0 Å². The van der Waals surface area contributed by atoms with Crippen molar-refractivity contribution in [2.24, 2.45) is 11.1 Å². The molecule has 3 nitrogen and oxygen atoms in total. The van der Waals surface area contributed by atoms with Crippen molar-refractivity contribution >= 4 is 0 Å². The van der Waals surface area contributed by atoms with Crippen LogP contribution in [0.3, 0.4) is 0 Å². The van der Waals surface area contributed by atoms with Crippen LogP contribution in [-0.2, 0) is 4.74 Å². The Bertz CT molecular complexity index is 175. The van der Waals surface area contributed by atoms with Crippen LogP contribution in [-0.4, -0.2) is 44.8 Å². The highest BCUT2D eigenvalue weighted by atomic mass is 16.5. The quantitative estimate of drug-likeness (QED) is 0.697. The molecular weight excluding hydrogens is 188 g/mol. The predicted octanol–water partition coefficient (Wildman–Crippen LogP) is 1.47. The smallest absolute Gasteiger partial charge is 0.0615 e. The van der Waals surface area contributed by atoms with Crippen LogP contribution in [0.1, 0.15) is 32.6 Å². The van der Waals surface area contributed by atoms with Gasteiger partial charge in [0.1, 0.15) is 0 Å². The van der Waals surface area contributed by atoms with Gasteiger partial charge in [-0.1, -0.05) is 6.42 Å². The molecule has 90 valence electrons. The van der Waals surface area contributed by atoms with E-state index in [0.29, 0.717) is 11.5 Å². The van der Waals surface area contributed by atoms with Gasteiger partial charge in [-0.25, -0.2) is 0 Å². The first-order valence-corrected chi connectivity index (χ1v) is 6.03. The van der Waals surface area contributed by atoms with Crippen molar-refractivity contribution in [3.05, 3.63) is 0 Å². The predicted molar refractivity (Wildman–Crippen MR) is 63.9 cm³/mol. The van der Waals surface area contributed by atoms with Gasteiger partial charge in [0.05, 0.1) is 6.61 Å². The largest absolute Gasteiger partial charge is 0.383 e. The molecule has 3 heteroatoms. The van der Waals surface area contributed by atoms with Crippen LogP contribution in [0.2, 0.25) is 0 Å². The minimum atomic E-state index is 0.473. The van der Waals surface area contributed by atoms with Crippen molar-refractivity contribution in [2.45, 2.75) is 38.6 Å². The Labute approximate surface area is 94.0 Å². The van der Waals surface area contributed by atoms with E-state index in [9.17, 15) is 0 Å². The Morgan fingerprint density at radius 3 is 2.53 bits per heavy atom. The highest BCUT2D eigenvalue weighted by Crippen LogP contribution is 2.42. The molecule has 2 N–H and O–H groups in total. The average Bonchev–Trinajstić information content (AvgIpc) is 2.17. The molecule has 0 saturated heterocycles. The van der Waals surface area contributed by atoms with E-state index < -0.39 is 0 Å². The van der Waals surface area contributed by atoms with Gasteiger partial charge in [-0.15, -0.1) is 0 Å². The van der Waals surface area contributed by atoms with Crippen molar-refractivity contribution < 1.29 is 4.74 Å². The lowest BCUT2D eigenvalue weighted by molar-refractivity contribution is 0.0782. The minimum absolute atomic E-state index is 0.473. The molecule has 1 atom stereocenters. The molecule has 15 heavy (non-hydrogen) atoms. The third-order valence-corrected chi connectivity index (χ3v) is 4.00. The van der Waals surface area contributed by atoms with E-state index in [2.05, 4.69) is 18.9 Å². The molecule has 0 bridgehead atoms. The van der Waals surface area contributed by atoms with E-state index >= 15 is 0 Å². The topological polar surface area (TPSA) is 38.5 Å². The first-order chi connectivity index (χ1) is 7.13. The van der Waals surface area contributed by atoms with Gasteiger partial charge in [-0.05, 0) is 51.7 Å². The van der Waals surface area contributed by atoms with Gasteiger partial charge in [0, 0.05) is 13.2 Å². The standard InChI is InChI=1S/C12H26N2O/c1-11(9-15-3)14(2)8-7-12(10-13)5-4-6-12/h11H,4-10,13H2,1-3H3. The zero-order valence-corrected chi connectivity index (χ0v) is 10.5. The Morgan fingerprint density at radius 2 is 2.13 bits per heavy atom. The maximum atomic E-state index is 5.85. The monoisotopic (exact) mass is 214 g/mol. The van der Waals surface area contributed by atoms with Gasteiger partial charge < -0.3 is 15.4 Å². The van der Waals surface area contributed by atoms with Crippen LogP contribution in [0.5, 0.6) is 0 Å². The van der Waals surface area contributed by atoms with Gasteiger partial charge in [0.15, 0.2) is 0 Å². The van der Waals surface area contributed by atoms with Crippen LogP contribution in [0.25, 0.3) is 0 Å². The zero-order valence-electron chi connectivity index (χ0n) is 10.5. The fourth-order valence-corrected chi connectivity index (χ4v) is 2.24. The first kappa shape index (κ1) is 12.9. The molecule has 1 rings (SSSR count). The van der Waals surface area contributed by atoms with E-state index in [4.69, 9.17) is 10.5 Å². The highest BCUT2D eigenvalue weighted by Gasteiger charge is 2.35. The summed E-state index contributed by atoms with van der Waals surface area (Å²) in [5, 5.41) is 0. The van der Waals surface area contributed by atoms with Crippen molar-refractivity contribution in [3.63, 3.8) is 0 Å². The van der Waals surface area contributed by atoms with Crippen molar-refractivity contribution in [3.8, 4) is 0 Å². The summed E-state index contributed by atoms with van der Waals surface area (Å²) < 4.78 is 5.16. The Kier molecular flexibility index (Phi) is 5.03. The van der Waals surface area contributed by atoms with Crippen molar-refractivity contribution in [1.82, 2.24) is 4.90 Å². The Hall–Kier alpha value is -0.120.